The lowest BCUT2D eigenvalue weighted by atomic mass is 10.2. The average molecular weight is 320 g/mol. The maximum Gasteiger partial charge on any atom is 0.156 e. The van der Waals surface area contributed by atoms with E-state index >= 15 is 0 Å². The summed E-state index contributed by atoms with van der Waals surface area (Å²) in [6.07, 6.45) is 1.14. The molecule has 0 bridgehead atoms. The number of anilines is 1. The number of hydrogen-bond donors (Lipinski definition) is 1. The first-order valence-electron chi connectivity index (χ1n) is 5.58. The number of likely N-dealkylation sites (tertiary alicyclic amines) is 1. The molecule has 3 nitrogen and oxygen atoms in total. The summed E-state index contributed by atoms with van der Waals surface area (Å²) in [6.45, 7) is 2.18. The predicted molar refractivity (Wildman–Crippen MR) is 75.2 cm³/mol. The van der Waals surface area contributed by atoms with Crippen LogP contribution < -0.4 is 10.1 Å². The number of nitrogens with one attached hydrogen (secondary N) is 1. The normalized spacial score (nSPS) is 20.6. The molecule has 5 heteroatoms. The number of likely N-dealkylation sites (N-methyl/N-ethyl adjacent to an activating group) is 1. The Kier molecular flexibility index (Phi) is 4.17. The van der Waals surface area contributed by atoms with Gasteiger partial charge in [0.15, 0.2) is 5.75 Å². The average Bonchev–Trinajstić information content (AvgIpc) is 2.63. The molecule has 1 aromatic rings. The Morgan fingerprint density at radius 1 is 1.53 bits per heavy atom. The summed E-state index contributed by atoms with van der Waals surface area (Å²) in [5, 5.41) is 4.19. The topological polar surface area (TPSA) is 24.5 Å². The van der Waals surface area contributed by atoms with Crippen LogP contribution in [0.5, 0.6) is 5.75 Å². The molecular formula is C12H16BrClN2O. The SMILES string of the molecule is COc1c(Br)cc(Cl)cc1NC1CCN(C)C1. The quantitative estimate of drug-likeness (QED) is 0.926. The van der Waals surface area contributed by atoms with Crippen molar-refractivity contribution in [2.75, 3.05) is 32.6 Å². The lowest BCUT2D eigenvalue weighted by molar-refractivity contribution is 0.409. The number of benzene rings is 1. The van der Waals surface area contributed by atoms with Crippen LogP contribution in [0.4, 0.5) is 5.69 Å². The van der Waals surface area contributed by atoms with Crippen LogP contribution in [0.3, 0.4) is 0 Å². The van der Waals surface area contributed by atoms with Gasteiger partial charge >= 0.3 is 0 Å². The van der Waals surface area contributed by atoms with E-state index in [1.54, 1.807) is 7.11 Å². The Hall–Kier alpha value is -0.450. The molecule has 17 heavy (non-hydrogen) atoms. The molecule has 1 aliphatic rings. The zero-order valence-electron chi connectivity index (χ0n) is 9.96. The Morgan fingerprint density at radius 3 is 2.88 bits per heavy atom. The van der Waals surface area contributed by atoms with Crippen LogP contribution in [0.15, 0.2) is 16.6 Å². The molecule has 0 spiro atoms. The maximum atomic E-state index is 6.06. The van der Waals surface area contributed by atoms with Crippen molar-refractivity contribution in [2.45, 2.75) is 12.5 Å². The summed E-state index contributed by atoms with van der Waals surface area (Å²) in [7, 11) is 3.80. The van der Waals surface area contributed by atoms with Crippen molar-refractivity contribution >= 4 is 33.2 Å². The molecule has 0 radical (unpaired) electrons. The minimum Gasteiger partial charge on any atom is -0.493 e. The van der Waals surface area contributed by atoms with Gasteiger partial charge in [0.25, 0.3) is 0 Å². The van der Waals surface area contributed by atoms with Crippen molar-refractivity contribution in [1.82, 2.24) is 4.90 Å². The summed E-state index contributed by atoms with van der Waals surface area (Å²) in [5.74, 6) is 0.809. The standard InChI is InChI=1S/C12H16BrClN2O/c1-16-4-3-9(7-16)15-11-6-8(14)5-10(13)12(11)17-2/h5-6,9,15H,3-4,7H2,1-2H3. The molecule has 1 aromatic carbocycles. The molecule has 1 saturated heterocycles. The van der Waals surface area contributed by atoms with Crippen LogP contribution in [0.25, 0.3) is 0 Å². The molecule has 0 aliphatic carbocycles. The van der Waals surface area contributed by atoms with Crippen LogP contribution in [0.2, 0.25) is 5.02 Å². The second kappa shape index (κ2) is 5.46. The molecule has 2 rings (SSSR count). The highest BCUT2D eigenvalue weighted by Crippen LogP contribution is 2.37. The van der Waals surface area contributed by atoms with Crippen molar-refractivity contribution in [3.63, 3.8) is 0 Å². The van der Waals surface area contributed by atoms with E-state index in [4.69, 9.17) is 16.3 Å². The van der Waals surface area contributed by atoms with E-state index < -0.39 is 0 Å². The molecule has 1 N–H and O–H groups in total. The van der Waals surface area contributed by atoms with Crippen molar-refractivity contribution in [3.05, 3.63) is 21.6 Å². The third-order valence-electron chi connectivity index (χ3n) is 2.96. The summed E-state index contributed by atoms with van der Waals surface area (Å²) >= 11 is 9.52. The molecule has 1 aliphatic heterocycles. The van der Waals surface area contributed by atoms with Gasteiger partial charge in [0.05, 0.1) is 17.3 Å². The van der Waals surface area contributed by atoms with Gasteiger partial charge in [-0.3, -0.25) is 0 Å². The zero-order valence-corrected chi connectivity index (χ0v) is 12.3. The Balaban J connectivity index is 2.19. The van der Waals surface area contributed by atoms with Gasteiger partial charge in [-0.05, 0) is 48.1 Å². The summed E-state index contributed by atoms with van der Waals surface area (Å²) < 4.78 is 6.26. The molecule has 0 saturated carbocycles. The number of methoxy groups -OCH3 is 1. The third kappa shape index (κ3) is 3.06. The fourth-order valence-corrected chi connectivity index (χ4v) is 3.12. The van der Waals surface area contributed by atoms with E-state index in [-0.39, 0.29) is 0 Å². The second-order valence-electron chi connectivity index (χ2n) is 4.36. The molecule has 1 unspecified atom stereocenters. The van der Waals surface area contributed by atoms with E-state index in [1.807, 2.05) is 12.1 Å². The van der Waals surface area contributed by atoms with Crippen LogP contribution >= 0.6 is 27.5 Å². The third-order valence-corrected chi connectivity index (χ3v) is 3.77. The van der Waals surface area contributed by atoms with Gasteiger partial charge in [-0.1, -0.05) is 11.6 Å². The van der Waals surface area contributed by atoms with Crippen LogP contribution in [-0.2, 0) is 0 Å². The first-order valence-corrected chi connectivity index (χ1v) is 6.75. The lowest BCUT2D eigenvalue weighted by Crippen LogP contribution is -2.23. The van der Waals surface area contributed by atoms with Gasteiger partial charge in [-0.2, -0.15) is 0 Å². The summed E-state index contributed by atoms with van der Waals surface area (Å²) in [5.41, 5.74) is 0.951. The highest BCUT2D eigenvalue weighted by Gasteiger charge is 2.21. The van der Waals surface area contributed by atoms with E-state index in [1.165, 1.54) is 0 Å². The molecule has 0 aromatic heterocycles. The smallest absolute Gasteiger partial charge is 0.156 e. The van der Waals surface area contributed by atoms with Gasteiger partial charge in [0.2, 0.25) is 0 Å². The highest BCUT2D eigenvalue weighted by molar-refractivity contribution is 9.10. The van der Waals surface area contributed by atoms with Crippen molar-refractivity contribution in [1.29, 1.82) is 0 Å². The van der Waals surface area contributed by atoms with Gasteiger partial charge in [-0.15, -0.1) is 0 Å². The Bertz CT molecular complexity index is 414. The molecule has 94 valence electrons. The van der Waals surface area contributed by atoms with E-state index in [9.17, 15) is 0 Å². The zero-order chi connectivity index (χ0) is 12.4. The van der Waals surface area contributed by atoms with E-state index in [2.05, 4.69) is 33.2 Å². The Morgan fingerprint density at radius 2 is 2.29 bits per heavy atom. The van der Waals surface area contributed by atoms with Gasteiger partial charge < -0.3 is 15.0 Å². The van der Waals surface area contributed by atoms with Crippen molar-refractivity contribution in [2.24, 2.45) is 0 Å². The first kappa shape index (κ1) is 13.0. The van der Waals surface area contributed by atoms with Gasteiger partial charge in [0, 0.05) is 17.6 Å². The highest BCUT2D eigenvalue weighted by atomic mass is 79.9. The fraction of sp³-hybridized carbons (Fsp3) is 0.500. The molecule has 0 amide bonds. The van der Waals surface area contributed by atoms with Gasteiger partial charge in [-0.25, -0.2) is 0 Å². The monoisotopic (exact) mass is 318 g/mol. The van der Waals surface area contributed by atoms with E-state index in [0.29, 0.717) is 11.1 Å². The largest absolute Gasteiger partial charge is 0.493 e. The van der Waals surface area contributed by atoms with Crippen LogP contribution in [0, 0.1) is 0 Å². The van der Waals surface area contributed by atoms with Crippen molar-refractivity contribution in [3.8, 4) is 5.75 Å². The minimum atomic E-state index is 0.458. The minimum absolute atomic E-state index is 0.458. The summed E-state index contributed by atoms with van der Waals surface area (Å²) in [6, 6.07) is 4.20. The molecular weight excluding hydrogens is 304 g/mol. The predicted octanol–water partition coefficient (Wildman–Crippen LogP) is 3.23. The molecule has 1 atom stereocenters. The first-order chi connectivity index (χ1) is 8.10. The second-order valence-corrected chi connectivity index (χ2v) is 5.65. The lowest BCUT2D eigenvalue weighted by Gasteiger charge is -2.18. The Labute approximate surface area is 115 Å². The number of rotatable bonds is 3. The number of nitrogens with zero attached hydrogens (tertiary/aromatic N) is 1. The van der Waals surface area contributed by atoms with Crippen molar-refractivity contribution < 1.29 is 4.74 Å². The number of hydrogen-bond acceptors (Lipinski definition) is 3. The van der Waals surface area contributed by atoms with E-state index in [0.717, 1.165) is 35.4 Å². The number of halogens is 2. The molecule has 1 fully saturated rings. The fourth-order valence-electron chi connectivity index (χ4n) is 2.15. The van der Waals surface area contributed by atoms with Crippen LogP contribution in [0.1, 0.15) is 6.42 Å². The summed E-state index contributed by atoms with van der Waals surface area (Å²) in [4.78, 5) is 2.31. The van der Waals surface area contributed by atoms with Crippen LogP contribution in [-0.4, -0.2) is 38.2 Å². The van der Waals surface area contributed by atoms with Gasteiger partial charge in [0.1, 0.15) is 0 Å². The number of ether oxygens (including phenoxy) is 1. The molecule has 1 heterocycles. The maximum absolute atomic E-state index is 6.06.